The largest absolute Gasteiger partial charge is 0.460 e. The summed E-state index contributed by atoms with van der Waals surface area (Å²) in [5, 5.41) is 11.7. The van der Waals surface area contributed by atoms with Crippen molar-refractivity contribution in [3.8, 4) is 20.2 Å². The van der Waals surface area contributed by atoms with Gasteiger partial charge >= 0.3 is 5.97 Å². The molecule has 154 valence electrons. The van der Waals surface area contributed by atoms with E-state index in [1.54, 1.807) is 35.2 Å². The molecule has 4 aromatic rings. The number of fused-ring (bicyclic) bond motifs is 1. The van der Waals surface area contributed by atoms with Gasteiger partial charge in [-0.3, -0.25) is 9.36 Å². The van der Waals surface area contributed by atoms with Crippen LogP contribution in [-0.2, 0) is 14.3 Å². The number of carbonyl (C=O) groups is 1. The molecule has 0 aliphatic carbocycles. The van der Waals surface area contributed by atoms with E-state index in [0.717, 1.165) is 16.0 Å². The summed E-state index contributed by atoms with van der Waals surface area (Å²) in [4.78, 5) is 24.1. The molecule has 1 saturated heterocycles. The van der Waals surface area contributed by atoms with Crippen LogP contribution in [0.4, 0.5) is 0 Å². The molecule has 0 amide bonds. The standard InChI is InChI=1S/C21H19N3O4S2/c1-12(26)27-14-9-19(28-15(14)10-25)24-11-23-20-13(6-7-22-21(20)24)16-4-5-18(30-16)17-3-2-8-29-17/h2-8,11,14-15,19,25H,9-10H2,1H3/t14-,15+,19+/m0/s1. The first kappa shape index (κ1) is 19.4. The topological polar surface area (TPSA) is 86.5 Å². The second kappa shape index (κ2) is 7.92. The van der Waals surface area contributed by atoms with E-state index < -0.39 is 24.4 Å². The van der Waals surface area contributed by atoms with Crippen LogP contribution >= 0.6 is 22.7 Å². The lowest BCUT2D eigenvalue weighted by atomic mass is 10.2. The van der Waals surface area contributed by atoms with Crippen molar-refractivity contribution in [2.45, 2.75) is 31.8 Å². The van der Waals surface area contributed by atoms with Crippen LogP contribution in [0.1, 0.15) is 19.6 Å². The lowest BCUT2D eigenvalue weighted by Gasteiger charge is -2.15. The predicted octanol–water partition coefficient (Wildman–Crippen LogP) is 4.10. The van der Waals surface area contributed by atoms with Crippen molar-refractivity contribution in [3.05, 3.63) is 48.2 Å². The summed E-state index contributed by atoms with van der Waals surface area (Å²) >= 11 is 3.44. The van der Waals surface area contributed by atoms with E-state index in [-0.39, 0.29) is 6.61 Å². The molecule has 5 rings (SSSR count). The van der Waals surface area contributed by atoms with Gasteiger partial charge in [-0.2, -0.15) is 0 Å². The van der Waals surface area contributed by atoms with Crippen LogP contribution in [0.5, 0.6) is 0 Å². The van der Waals surface area contributed by atoms with Gasteiger partial charge in [-0.1, -0.05) is 6.07 Å². The van der Waals surface area contributed by atoms with Crippen molar-refractivity contribution in [3.63, 3.8) is 0 Å². The third kappa shape index (κ3) is 3.43. The maximum atomic E-state index is 11.4. The Morgan fingerprint density at radius 2 is 2.13 bits per heavy atom. The fourth-order valence-corrected chi connectivity index (χ4v) is 5.62. The Morgan fingerprint density at radius 1 is 1.27 bits per heavy atom. The molecular formula is C21H19N3O4S2. The molecule has 1 fully saturated rings. The second-order valence-corrected chi connectivity index (χ2v) is 9.05. The zero-order valence-electron chi connectivity index (χ0n) is 16.1. The number of hydrogen-bond donors (Lipinski definition) is 1. The monoisotopic (exact) mass is 441 g/mol. The number of pyridine rings is 1. The fraction of sp³-hybridized carbons (Fsp3) is 0.286. The van der Waals surface area contributed by atoms with E-state index in [0.29, 0.717) is 12.1 Å². The quantitative estimate of drug-likeness (QED) is 0.469. The smallest absolute Gasteiger partial charge is 0.302 e. The Labute approximate surface area is 180 Å². The van der Waals surface area contributed by atoms with Crippen LogP contribution in [-0.4, -0.2) is 44.4 Å². The van der Waals surface area contributed by atoms with Crippen LogP contribution in [0.15, 0.2) is 48.2 Å². The molecule has 9 heteroatoms. The number of imidazole rings is 1. The van der Waals surface area contributed by atoms with Gasteiger partial charge in [0.25, 0.3) is 0 Å². The van der Waals surface area contributed by atoms with Gasteiger partial charge in [0.1, 0.15) is 24.0 Å². The fourth-order valence-electron chi connectivity index (χ4n) is 3.75. The van der Waals surface area contributed by atoms with Gasteiger partial charge in [0.2, 0.25) is 0 Å². The van der Waals surface area contributed by atoms with Crippen LogP contribution in [0.3, 0.4) is 0 Å². The summed E-state index contributed by atoms with van der Waals surface area (Å²) in [6.07, 6.45) is 2.43. The molecule has 1 N–H and O–H groups in total. The van der Waals surface area contributed by atoms with Crippen LogP contribution in [0.25, 0.3) is 31.4 Å². The number of ether oxygens (including phenoxy) is 2. The number of esters is 1. The zero-order valence-corrected chi connectivity index (χ0v) is 17.7. The molecule has 0 radical (unpaired) electrons. The highest BCUT2D eigenvalue weighted by Crippen LogP contribution is 2.39. The Balaban J connectivity index is 1.48. The third-order valence-corrected chi connectivity index (χ3v) is 7.27. The lowest BCUT2D eigenvalue weighted by Crippen LogP contribution is -2.29. The molecule has 5 heterocycles. The lowest BCUT2D eigenvalue weighted by molar-refractivity contribution is -0.150. The summed E-state index contributed by atoms with van der Waals surface area (Å²) in [7, 11) is 0. The van der Waals surface area contributed by atoms with Gasteiger partial charge in [-0.15, -0.1) is 22.7 Å². The minimum atomic E-state index is -0.565. The van der Waals surface area contributed by atoms with Crippen molar-refractivity contribution in [2.24, 2.45) is 0 Å². The van der Waals surface area contributed by atoms with Gasteiger partial charge in [-0.25, -0.2) is 9.97 Å². The van der Waals surface area contributed by atoms with E-state index in [2.05, 4.69) is 39.6 Å². The Morgan fingerprint density at radius 3 is 2.90 bits per heavy atom. The van der Waals surface area contributed by atoms with Gasteiger partial charge < -0.3 is 14.6 Å². The molecule has 30 heavy (non-hydrogen) atoms. The number of nitrogens with zero attached hydrogens (tertiary/aromatic N) is 3. The first-order chi connectivity index (χ1) is 14.6. The maximum absolute atomic E-state index is 11.4. The number of thiophene rings is 2. The van der Waals surface area contributed by atoms with E-state index in [1.165, 1.54) is 16.7 Å². The number of aliphatic hydroxyl groups excluding tert-OH is 1. The minimum absolute atomic E-state index is 0.222. The van der Waals surface area contributed by atoms with E-state index >= 15 is 0 Å². The molecule has 0 bridgehead atoms. The van der Waals surface area contributed by atoms with Crippen molar-refractivity contribution >= 4 is 39.8 Å². The molecule has 0 spiro atoms. The maximum Gasteiger partial charge on any atom is 0.302 e. The zero-order chi connectivity index (χ0) is 20.7. The molecule has 7 nitrogen and oxygen atoms in total. The number of hydrogen-bond acceptors (Lipinski definition) is 8. The molecular weight excluding hydrogens is 422 g/mol. The van der Waals surface area contributed by atoms with Crippen LogP contribution < -0.4 is 0 Å². The first-order valence-corrected chi connectivity index (χ1v) is 11.2. The van der Waals surface area contributed by atoms with Gasteiger partial charge in [-0.05, 0) is 29.6 Å². The van der Waals surface area contributed by atoms with Crippen LogP contribution in [0, 0.1) is 0 Å². The molecule has 0 saturated carbocycles. The Bertz CT molecular complexity index is 1180. The van der Waals surface area contributed by atoms with Crippen molar-refractivity contribution in [1.29, 1.82) is 0 Å². The summed E-state index contributed by atoms with van der Waals surface area (Å²) in [5.41, 5.74) is 2.50. The predicted molar refractivity (Wildman–Crippen MR) is 115 cm³/mol. The highest BCUT2D eigenvalue weighted by atomic mass is 32.1. The Kier molecular flexibility index (Phi) is 5.11. The van der Waals surface area contributed by atoms with E-state index in [4.69, 9.17) is 9.47 Å². The van der Waals surface area contributed by atoms with Gasteiger partial charge in [0.05, 0.1) is 12.9 Å². The van der Waals surface area contributed by atoms with E-state index in [9.17, 15) is 9.90 Å². The molecule has 4 aromatic heterocycles. The van der Waals surface area contributed by atoms with Crippen molar-refractivity contribution in [2.75, 3.05) is 6.61 Å². The highest BCUT2D eigenvalue weighted by Gasteiger charge is 2.38. The van der Waals surface area contributed by atoms with Crippen molar-refractivity contribution < 1.29 is 19.4 Å². The average Bonchev–Trinajstić information content (AvgIpc) is 3.52. The Hall–Kier alpha value is -2.59. The average molecular weight is 442 g/mol. The molecule has 0 unspecified atom stereocenters. The summed E-state index contributed by atoms with van der Waals surface area (Å²) in [6.45, 7) is 1.13. The number of rotatable bonds is 5. The van der Waals surface area contributed by atoms with Crippen molar-refractivity contribution in [1.82, 2.24) is 14.5 Å². The SMILES string of the molecule is CC(=O)O[C@H]1C[C@H](n2cnc3c(-c4ccc(-c5cccs5)s4)ccnc32)O[C@@H]1CO. The second-order valence-electron chi connectivity index (χ2n) is 7.02. The van der Waals surface area contributed by atoms with E-state index in [1.807, 2.05) is 10.6 Å². The highest BCUT2D eigenvalue weighted by molar-refractivity contribution is 7.23. The number of carbonyl (C=O) groups excluding carboxylic acids is 1. The normalized spacial score (nSPS) is 21.3. The van der Waals surface area contributed by atoms with Crippen LogP contribution in [0.2, 0.25) is 0 Å². The van der Waals surface area contributed by atoms with Gasteiger partial charge in [0.15, 0.2) is 5.65 Å². The number of aromatic nitrogens is 3. The molecule has 1 aliphatic heterocycles. The third-order valence-electron chi connectivity index (χ3n) is 5.08. The molecule has 0 aromatic carbocycles. The number of aliphatic hydroxyl groups is 1. The molecule has 3 atom stereocenters. The first-order valence-electron chi connectivity index (χ1n) is 9.53. The summed E-state index contributed by atoms with van der Waals surface area (Å²) < 4.78 is 13.1. The minimum Gasteiger partial charge on any atom is -0.460 e. The summed E-state index contributed by atoms with van der Waals surface area (Å²) in [6, 6.07) is 10.4. The molecule has 1 aliphatic rings. The summed E-state index contributed by atoms with van der Waals surface area (Å²) in [5.74, 6) is -0.391. The van der Waals surface area contributed by atoms with Gasteiger partial charge in [0, 0.05) is 39.7 Å².